The molecule has 0 aliphatic heterocycles. The minimum Gasteiger partial charge on any atom is -0.349 e. The van der Waals surface area contributed by atoms with E-state index in [2.05, 4.69) is 22.4 Å². The predicted octanol–water partition coefficient (Wildman–Crippen LogP) is 5.13. The Kier molecular flexibility index (Phi) is 8.25. The molecule has 142 valence electrons. The van der Waals surface area contributed by atoms with Crippen LogP contribution in [0.4, 0.5) is 0 Å². The van der Waals surface area contributed by atoms with Crippen molar-refractivity contribution in [2.24, 2.45) is 0 Å². The molecule has 0 unspecified atom stereocenters. The van der Waals surface area contributed by atoms with Gasteiger partial charge in [-0.3, -0.25) is 4.79 Å². The summed E-state index contributed by atoms with van der Waals surface area (Å²) in [4.78, 5) is 12.5. The lowest BCUT2D eigenvalue weighted by Crippen LogP contribution is -2.33. The highest BCUT2D eigenvalue weighted by Crippen LogP contribution is 2.27. The van der Waals surface area contributed by atoms with Crippen LogP contribution in [0, 0.1) is 0 Å². The van der Waals surface area contributed by atoms with Gasteiger partial charge in [-0.15, -0.1) is 10.2 Å². The van der Waals surface area contributed by atoms with Crippen LogP contribution < -0.4 is 5.32 Å². The number of rotatable bonds is 9. The number of hydrogen-bond acceptors (Lipinski definition) is 4. The van der Waals surface area contributed by atoms with E-state index < -0.39 is 0 Å². The second kappa shape index (κ2) is 10.2. The van der Waals surface area contributed by atoms with Crippen molar-refractivity contribution in [1.29, 1.82) is 0 Å². The average Bonchev–Trinajstić information content (AvgIpc) is 3.02. The van der Waals surface area contributed by atoms with Crippen LogP contribution in [0.1, 0.15) is 51.6 Å². The summed E-state index contributed by atoms with van der Waals surface area (Å²) in [6.45, 7) is 6.80. The van der Waals surface area contributed by atoms with Gasteiger partial charge in [0, 0.05) is 16.6 Å². The third-order valence-corrected chi connectivity index (χ3v) is 5.68. The van der Waals surface area contributed by atoms with E-state index in [1.54, 1.807) is 18.5 Å². The zero-order chi connectivity index (χ0) is 19.1. The summed E-state index contributed by atoms with van der Waals surface area (Å²) in [7, 11) is 0. The number of thioether (sulfide) groups is 1. The van der Waals surface area contributed by atoms with Crippen molar-refractivity contribution in [1.82, 2.24) is 20.1 Å². The molecule has 0 radical (unpaired) electrons. The molecule has 1 aromatic heterocycles. The molecule has 8 heteroatoms. The van der Waals surface area contributed by atoms with Gasteiger partial charge < -0.3 is 9.88 Å². The fraction of sp³-hybridized carbons (Fsp3) is 0.500. The maximum absolute atomic E-state index is 12.5. The van der Waals surface area contributed by atoms with E-state index in [4.69, 9.17) is 23.2 Å². The van der Waals surface area contributed by atoms with Gasteiger partial charge in [-0.2, -0.15) is 0 Å². The molecular weight excluding hydrogens is 391 g/mol. The Morgan fingerprint density at radius 3 is 2.77 bits per heavy atom. The highest BCUT2D eigenvalue weighted by atomic mass is 35.5. The Bertz CT molecular complexity index is 738. The number of hydrogen-bond donors (Lipinski definition) is 1. The van der Waals surface area contributed by atoms with Crippen molar-refractivity contribution in [2.75, 3.05) is 0 Å². The molecule has 2 aromatic rings. The molecule has 0 bridgehead atoms. The van der Waals surface area contributed by atoms with Crippen molar-refractivity contribution in [3.8, 4) is 0 Å². The first kappa shape index (κ1) is 21.1. The number of carbonyl (C=O) groups is 1. The van der Waals surface area contributed by atoms with Gasteiger partial charge >= 0.3 is 0 Å². The number of aryl methyl sites for hydroxylation is 1. The maximum Gasteiger partial charge on any atom is 0.233 e. The first-order chi connectivity index (χ1) is 12.4. The molecular formula is C18H24Cl2N4OS. The topological polar surface area (TPSA) is 59.8 Å². The van der Waals surface area contributed by atoms with E-state index in [-0.39, 0.29) is 17.2 Å². The van der Waals surface area contributed by atoms with E-state index in [0.717, 1.165) is 36.5 Å². The molecule has 0 spiro atoms. The molecule has 1 heterocycles. The lowest BCUT2D eigenvalue weighted by atomic mass is 10.1. The van der Waals surface area contributed by atoms with E-state index in [1.807, 2.05) is 24.5 Å². The van der Waals surface area contributed by atoms with Crippen LogP contribution in [0.25, 0.3) is 0 Å². The summed E-state index contributed by atoms with van der Waals surface area (Å²) >= 11 is 13.6. The molecule has 1 N–H and O–H groups in total. The lowest BCUT2D eigenvalue weighted by molar-refractivity contribution is -0.120. The number of aromatic nitrogens is 3. The van der Waals surface area contributed by atoms with E-state index in [9.17, 15) is 4.79 Å². The van der Waals surface area contributed by atoms with Crippen LogP contribution in [-0.4, -0.2) is 25.9 Å². The second-order valence-corrected chi connectivity index (χ2v) is 8.32. The summed E-state index contributed by atoms with van der Waals surface area (Å²) in [6.07, 6.45) is 5.12. The number of halogens is 2. The second-order valence-electron chi connectivity index (χ2n) is 6.17. The van der Waals surface area contributed by atoms with Gasteiger partial charge in [-0.05, 0) is 38.0 Å². The van der Waals surface area contributed by atoms with Gasteiger partial charge in [-0.1, -0.05) is 60.8 Å². The lowest BCUT2D eigenvalue weighted by Gasteiger charge is -2.18. The molecule has 2 rings (SSSR count). The van der Waals surface area contributed by atoms with Gasteiger partial charge in [-0.25, -0.2) is 0 Å². The van der Waals surface area contributed by atoms with Crippen LogP contribution >= 0.6 is 35.0 Å². The van der Waals surface area contributed by atoms with Crippen molar-refractivity contribution in [3.05, 3.63) is 40.1 Å². The molecule has 0 saturated carbocycles. The molecule has 1 aromatic carbocycles. The predicted molar refractivity (Wildman–Crippen MR) is 108 cm³/mol. The Labute approximate surface area is 168 Å². The molecule has 5 nitrogen and oxygen atoms in total. The number of nitrogens with one attached hydrogen (secondary N) is 1. The molecule has 0 aliphatic carbocycles. The van der Waals surface area contributed by atoms with Crippen molar-refractivity contribution >= 4 is 40.9 Å². The largest absolute Gasteiger partial charge is 0.349 e. The summed E-state index contributed by atoms with van der Waals surface area (Å²) < 4.78 is 2.00. The molecule has 2 atom stereocenters. The summed E-state index contributed by atoms with van der Waals surface area (Å²) in [5, 5.41) is 12.7. The number of unbranched alkanes of at least 4 members (excludes halogenated alkanes) is 2. The minimum absolute atomic E-state index is 0.0726. The maximum atomic E-state index is 12.5. The minimum atomic E-state index is -0.294. The Balaban J connectivity index is 1.94. The first-order valence-electron chi connectivity index (χ1n) is 8.72. The first-order valence-corrected chi connectivity index (χ1v) is 10.4. The Morgan fingerprint density at radius 2 is 2.08 bits per heavy atom. The smallest absolute Gasteiger partial charge is 0.233 e. The van der Waals surface area contributed by atoms with Gasteiger partial charge in [0.25, 0.3) is 0 Å². The van der Waals surface area contributed by atoms with E-state index >= 15 is 0 Å². The Morgan fingerprint density at radius 1 is 1.31 bits per heavy atom. The van der Waals surface area contributed by atoms with Crippen molar-refractivity contribution in [2.45, 2.75) is 63.0 Å². The molecule has 1 amide bonds. The van der Waals surface area contributed by atoms with Gasteiger partial charge in [0.1, 0.15) is 6.33 Å². The van der Waals surface area contributed by atoms with Gasteiger partial charge in [0.2, 0.25) is 5.91 Å². The normalized spacial score (nSPS) is 13.4. The van der Waals surface area contributed by atoms with Crippen LogP contribution in [-0.2, 0) is 11.3 Å². The highest BCUT2D eigenvalue weighted by molar-refractivity contribution is 8.00. The van der Waals surface area contributed by atoms with Gasteiger partial charge in [0.15, 0.2) is 5.16 Å². The molecule has 0 saturated heterocycles. The van der Waals surface area contributed by atoms with Crippen molar-refractivity contribution in [3.63, 3.8) is 0 Å². The third kappa shape index (κ3) is 5.89. The fourth-order valence-corrected chi connectivity index (χ4v) is 3.93. The Hall–Kier alpha value is -1.24. The summed E-state index contributed by atoms with van der Waals surface area (Å²) in [5.74, 6) is -0.0726. The number of benzene rings is 1. The standard InChI is InChI=1S/C18H24Cl2N4OS/c1-4-5-6-9-24-11-21-23-18(24)26-13(3)17(25)22-12(2)15-8-7-14(19)10-16(15)20/h7-8,10-13H,4-6,9H2,1-3H3,(H,22,25)/t12-,13-/m0/s1. The SMILES string of the molecule is CCCCCn1cnnc1S[C@@H](C)C(=O)N[C@@H](C)c1ccc(Cl)cc1Cl. The molecule has 0 aliphatic rings. The van der Waals surface area contributed by atoms with Crippen LogP contribution in [0.5, 0.6) is 0 Å². The van der Waals surface area contributed by atoms with Gasteiger partial charge in [0.05, 0.1) is 11.3 Å². The zero-order valence-electron chi connectivity index (χ0n) is 15.2. The number of carbonyl (C=O) groups excluding carboxylic acids is 1. The monoisotopic (exact) mass is 414 g/mol. The fourth-order valence-electron chi connectivity index (χ4n) is 2.49. The molecule has 26 heavy (non-hydrogen) atoms. The number of nitrogens with zero attached hydrogens (tertiary/aromatic N) is 3. The van der Waals surface area contributed by atoms with Crippen LogP contribution in [0.2, 0.25) is 10.0 Å². The van der Waals surface area contributed by atoms with E-state index in [0.29, 0.717) is 10.0 Å². The number of amides is 1. The third-order valence-electron chi connectivity index (χ3n) is 4.02. The molecule has 0 fully saturated rings. The van der Waals surface area contributed by atoms with Crippen LogP contribution in [0.3, 0.4) is 0 Å². The quantitative estimate of drug-likeness (QED) is 0.456. The summed E-state index contributed by atoms with van der Waals surface area (Å²) in [5.41, 5.74) is 0.837. The van der Waals surface area contributed by atoms with Crippen molar-refractivity contribution < 1.29 is 4.79 Å². The summed E-state index contributed by atoms with van der Waals surface area (Å²) in [6, 6.07) is 5.07. The highest BCUT2D eigenvalue weighted by Gasteiger charge is 2.21. The van der Waals surface area contributed by atoms with E-state index in [1.165, 1.54) is 11.8 Å². The zero-order valence-corrected chi connectivity index (χ0v) is 17.5. The average molecular weight is 415 g/mol. The van der Waals surface area contributed by atoms with Crippen LogP contribution in [0.15, 0.2) is 29.7 Å².